The first-order chi connectivity index (χ1) is 13.4. The van der Waals surface area contributed by atoms with Crippen molar-refractivity contribution in [2.24, 2.45) is 0 Å². The quantitative estimate of drug-likeness (QED) is 0.599. The lowest BCUT2D eigenvalue weighted by molar-refractivity contribution is -0.928. The Balaban J connectivity index is 1.72. The summed E-state index contributed by atoms with van der Waals surface area (Å²) in [6, 6.07) is 2.53. The number of carbonyl (C=O) groups is 2. The molecule has 0 bridgehead atoms. The van der Waals surface area contributed by atoms with Crippen molar-refractivity contribution in [3.63, 3.8) is 0 Å². The van der Waals surface area contributed by atoms with E-state index < -0.39 is 0 Å². The van der Waals surface area contributed by atoms with Crippen LogP contribution in [0.4, 0.5) is 0 Å². The maximum absolute atomic E-state index is 12.8. The van der Waals surface area contributed by atoms with E-state index >= 15 is 0 Å². The monoisotopic (exact) mass is 392 g/mol. The van der Waals surface area contributed by atoms with Crippen molar-refractivity contribution in [2.75, 3.05) is 32.7 Å². The van der Waals surface area contributed by atoms with Gasteiger partial charge in [0.25, 0.3) is 5.91 Å². The molecule has 1 unspecified atom stereocenters. The van der Waals surface area contributed by atoms with Crippen LogP contribution in [0, 0.1) is 13.8 Å². The average Bonchev–Trinajstić information content (AvgIpc) is 3.01. The van der Waals surface area contributed by atoms with Gasteiger partial charge in [-0.25, -0.2) is 0 Å². The molecule has 1 fully saturated rings. The third-order valence-electron chi connectivity index (χ3n) is 5.74. The Labute approximate surface area is 169 Å². The van der Waals surface area contributed by atoms with E-state index in [1.807, 2.05) is 20.8 Å². The third kappa shape index (κ3) is 6.66. The topological polar surface area (TPSA) is 67.0 Å². The molecule has 1 aromatic heterocycles. The summed E-state index contributed by atoms with van der Waals surface area (Å²) in [6.45, 7) is 12.2. The number of amides is 2. The highest BCUT2D eigenvalue weighted by molar-refractivity contribution is 5.95. The zero-order chi connectivity index (χ0) is 20.5. The van der Waals surface area contributed by atoms with Gasteiger partial charge in [-0.2, -0.15) is 0 Å². The molecule has 0 aromatic carbocycles. The lowest BCUT2D eigenvalue weighted by Crippen LogP contribution is -3.16. The molecular weight excluding hydrogens is 354 g/mol. The Hall–Kier alpha value is -1.82. The van der Waals surface area contributed by atoms with Gasteiger partial charge in [0, 0.05) is 32.5 Å². The van der Waals surface area contributed by atoms with Gasteiger partial charge in [-0.15, -0.1) is 0 Å². The number of furan rings is 1. The molecule has 1 saturated heterocycles. The average molecular weight is 393 g/mol. The number of carbonyl (C=O) groups excluding carboxylic acids is 2. The molecular formula is C22H38N3O3+. The molecule has 1 aromatic rings. The first kappa shape index (κ1) is 22.5. The van der Waals surface area contributed by atoms with E-state index in [2.05, 4.69) is 12.2 Å². The smallest absolute Gasteiger partial charge is 0.257 e. The van der Waals surface area contributed by atoms with Gasteiger partial charge < -0.3 is 19.5 Å². The molecule has 0 aliphatic carbocycles. The first-order valence-corrected chi connectivity index (χ1v) is 10.9. The van der Waals surface area contributed by atoms with Crippen molar-refractivity contribution >= 4 is 11.8 Å². The second-order valence-corrected chi connectivity index (χ2v) is 8.13. The maximum atomic E-state index is 12.8. The van der Waals surface area contributed by atoms with Crippen molar-refractivity contribution in [1.29, 1.82) is 0 Å². The predicted octanol–water partition coefficient (Wildman–Crippen LogP) is 2.10. The van der Waals surface area contributed by atoms with Gasteiger partial charge in [0.15, 0.2) is 0 Å². The lowest BCUT2D eigenvalue weighted by atomic mass is 10.0. The van der Waals surface area contributed by atoms with E-state index in [9.17, 15) is 9.59 Å². The van der Waals surface area contributed by atoms with Gasteiger partial charge in [-0.3, -0.25) is 9.59 Å². The highest BCUT2D eigenvalue weighted by Crippen LogP contribution is 2.16. The van der Waals surface area contributed by atoms with Crippen molar-refractivity contribution in [2.45, 2.75) is 72.3 Å². The number of quaternary nitrogens is 1. The Bertz CT molecular complexity index is 641. The second-order valence-electron chi connectivity index (χ2n) is 8.13. The lowest BCUT2D eigenvalue weighted by Gasteiger charge is -2.30. The number of piperidine rings is 1. The molecule has 2 heterocycles. The molecule has 0 radical (unpaired) electrons. The molecule has 6 heteroatoms. The number of rotatable bonds is 10. The van der Waals surface area contributed by atoms with Crippen LogP contribution in [-0.4, -0.2) is 55.5 Å². The fraction of sp³-hybridized carbons (Fsp3) is 0.727. The Morgan fingerprint density at radius 2 is 2.07 bits per heavy atom. The number of likely N-dealkylation sites (tertiary alicyclic amines) is 1. The molecule has 0 saturated carbocycles. The van der Waals surface area contributed by atoms with Crippen LogP contribution in [0.3, 0.4) is 0 Å². The summed E-state index contributed by atoms with van der Waals surface area (Å²) in [7, 11) is 0. The highest BCUT2D eigenvalue weighted by atomic mass is 16.3. The summed E-state index contributed by atoms with van der Waals surface area (Å²) in [6.07, 6.45) is 6.21. The van der Waals surface area contributed by atoms with E-state index in [-0.39, 0.29) is 11.8 Å². The minimum atomic E-state index is -0.0494. The number of nitrogens with one attached hydrogen (secondary N) is 2. The van der Waals surface area contributed by atoms with Crippen molar-refractivity contribution < 1.29 is 18.9 Å². The zero-order valence-corrected chi connectivity index (χ0v) is 18.1. The zero-order valence-electron chi connectivity index (χ0n) is 18.1. The highest BCUT2D eigenvalue weighted by Gasteiger charge is 2.22. The van der Waals surface area contributed by atoms with Gasteiger partial charge >= 0.3 is 0 Å². The summed E-state index contributed by atoms with van der Waals surface area (Å²) in [4.78, 5) is 28.4. The minimum absolute atomic E-state index is 0.0238. The van der Waals surface area contributed by atoms with Crippen LogP contribution < -0.4 is 10.2 Å². The molecule has 1 aliphatic rings. The molecule has 2 N–H and O–H groups in total. The van der Waals surface area contributed by atoms with Gasteiger partial charge in [0.1, 0.15) is 11.5 Å². The summed E-state index contributed by atoms with van der Waals surface area (Å²) >= 11 is 0. The summed E-state index contributed by atoms with van der Waals surface area (Å²) in [5.41, 5.74) is 0.602. The molecule has 28 heavy (non-hydrogen) atoms. The summed E-state index contributed by atoms with van der Waals surface area (Å²) in [5, 5.41) is 3.02. The van der Waals surface area contributed by atoms with Crippen LogP contribution in [0.2, 0.25) is 0 Å². The van der Waals surface area contributed by atoms with Crippen LogP contribution in [0.15, 0.2) is 10.5 Å². The fourth-order valence-corrected chi connectivity index (χ4v) is 4.09. The SMILES string of the molecule is CCCN(CCC(=O)NCCC[NH+]1CCCC[C@H]1C)C(=O)c1cc(C)oc1C. The molecule has 1 aliphatic heterocycles. The van der Waals surface area contributed by atoms with E-state index in [1.54, 1.807) is 15.9 Å². The number of hydrogen-bond donors (Lipinski definition) is 2. The molecule has 158 valence electrons. The molecule has 0 spiro atoms. The number of hydrogen-bond acceptors (Lipinski definition) is 3. The van der Waals surface area contributed by atoms with E-state index in [4.69, 9.17) is 4.42 Å². The molecule has 2 atom stereocenters. The summed E-state index contributed by atoms with van der Waals surface area (Å²) in [5.74, 6) is 1.35. The van der Waals surface area contributed by atoms with Crippen LogP contribution >= 0.6 is 0 Å². The van der Waals surface area contributed by atoms with E-state index in [0.717, 1.165) is 37.7 Å². The van der Waals surface area contributed by atoms with Crippen LogP contribution in [-0.2, 0) is 4.79 Å². The van der Waals surface area contributed by atoms with Crippen molar-refractivity contribution in [3.05, 3.63) is 23.2 Å². The van der Waals surface area contributed by atoms with Crippen LogP contribution in [0.25, 0.3) is 0 Å². The van der Waals surface area contributed by atoms with Gasteiger partial charge in [-0.1, -0.05) is 6.92 Å². The number of aryl methyl sites for hydroxylation is 2. The van der Waals surface area contributed by atoms with Crippen molar-refractivity contribution in [1.82, 2.24) is 10.2 Å². The van der Waals surface area contributed by atoms with Crippen molar-refractivity contribution in [3.8, 4) is 0 Å². The van der Waals surface area contributed by atoms with Crippen LogP contribution in [0.1, 0.15) is 74.3 Å². The summed E-state index contributed by atoms with van der Waals surface area (Å²) < 4.78 is 5.48. The second kappa shape index (κ2) is 11.2. The van der Waals surface area contributed by atoms with Gasteiger partial charge in [0.2, 0.25) is 5.91 Å². The Kier molecular flexibility index (Phi) is 9.03. The Morgan fingerprint density at radius 1 is 1.29 bits per heavy atom. The van der Waals surface area contributed by atoms with E-state index in [0.29, 0.717) is 30.8 Å². The third-order valence-corrected chi connectivity index (χ3v) is 5.74. The molecule has 2 amide bonds. The minimum Gasteiger partial charge on any atom is -0.466 e. The Morgan fingerprint density at radius 3 is 2.71 bits per heavy atom. The standard InChI is InChI=1S/C22H37N3O3/c1-5-12-25(22(27)20-16-18(3)28-19(20)4)15-10-21(26)23-11-8-14-24-13-7-6-9-17(24)2/h16-17H,5-15H2,1-4H3,(H,23,26)/p+1/t17-/m1/s1. The van der Waals surface area contributed by atoms with E-state index in [1.165, 1.54) is 25.8 Å². The van der Waals surface area contributed by atoms with Crippen LogP contribution in [0.5, 0.6) is 0 Å². The predicted molar refractivity (Wildman–Crippen MR) is 111 cm³/mol. The molecule has 2 rings (SSSR count). The maximum Gasteiger partial charge on any atom is 0.257 e. The van der Waals surface area contributed by atoms with Gasteiger partial charge in [0.05, 0.1) is 24.7 Å². The first-order valence-electron chi connectivity index (χ1n) is 10.9. The van der Waals surface area contributed by atoms with Gasteiger partial charge in [-0.05, 0) is 52.5 Å². The largest absolute Gasteiger partial charge is 0.466 e. The fourth-order valence-electron chi connectivity index (χ4n) is 4.09. The normalized spacial score (nSPS) is 19.4. The number of nitrogens with zero attached hydrogens (tertiary/aromatic N) is 1. The molecule has 6 nitrogen and oxygen atoms in total.